The number of rotatable bonds is 4. The molecule has 0 spiro atoms. The van der Waals surface area contributed by atoms with Crippen LogP contribution in [0.3, 0.4) is 0 Å². The smallest absolute Gasteiger partial charge is 0.242 e. The Morgan fingerprint density at radius 2 is 1.83 bits per heavy atom. The molecule has 0 aromatic carbocycles. The Morgan fingerprint density at radius 3 is 2.44 bits per heavy atom. The van der Waals surface area contributed by atoms with Crippen molar-refractivity contribution in [2.75, 3.05) is 17.7 Å². The number of nitrogens with one attached hydrogen (secondary N) is 1. The van der Waals surface area contributed by atoms with Crippen molar-refractivity contribution < 1.29 is 0 Å². The number of aromatic nitrogens is 3. The summed E-state index contributed by atoms with van der Waals surface area (Å²) in [5.74, 6) is 1.33. The zero-order valence-corrected chi connectivity index (χ0v) is 11.9. The fourth-order valence-electron chi connectivity index (χ4n) is 2.46. The van der Waals surface area contributed by atoms with Gasteiger partial charge in [-0.05, 0) is 26.7 Å². The van der Waals surface area contributed by atoms with Crippen LogP contribution in [0.25, 0.3) is 0 Å². The maximum Gasteiger partial charge on any atom is 0.242 e. The van der Waals surface area contributed by atoms with Gasteiger partial charge in [-0.2, -0.15) is 5.10 Å². The van der Waals surface area contributed by atoms with Gasteiger partial charge in [0.1, 0.15) is 0 Å². The van der Waals surface area contributed by atoms with Crippen molar-refractivity contribution >= 4 is 17.5 Å². The van der Waals surface area contributed by atoms with Crippen molar-refractivity contribution in [1.29, 1.82) is 0 Å². The number of hydrogen-bond acceptors (Lipinski definition) is 4. The van der Waals surface area contributed by atoms with E-state index < -0.39 is 0 Å². The van der Waals surface area contributed by atoms with Gasteiger partial charge in [0.2, 0.25) is 5.95 Å². The van der Waals surface area contributed by atoms with Crippen molar-refractivity contribution in [1.82, 2.24) is 15.2 Å². The second-order valence-corrected chi connectivity index (χ2v) is 5.62. The second kappa shape index (κ2) is 5.83. The lowest BCUT2D eigenvalue weighted by atomic mass is 9.75. The van der Waals surface area contributed by atoms with E-state index in [-0.39, 0.29) is 5.41 Å². The van der Waals surface area contributed by atoms with Crippen molar-refractivity contribution in [3.8, 4) is 0 Å². The first kappa shape index (κ1) is 13.5. The molecule has 18 heavy (non-hydrogen) atoms. The molecule has 1 saturated carbocycles. The topological polar surface area (TPSA) is 50.7 Å². The van der Waals surface area contributed by atoms with Gasteiger partial charge < -0.3 is 5.32 Å². The summed E-state index contributed by atoms with van der Waals surface area (Å²) >= 11 is 6.16. The lowest BCUT2D eigenvalue weighted by Crippen LogP contribution is -2.34. The summed E-state index contributed by atoms with van der Waals surface area (Å²) in [4.78, 5) is 4.39. The third-order valence-electron chi connectivity index (χ3n) is 3.91. The lowest BCUT2D eigenvalue weighted by molar-refractivity contribution is 0.237. The Balaban J connectivity index is 1.98. The summed E-state index contributed by atoms with van der Waals surface area (Å²) < 4.78 is 0. The molecular weight excluding hydrogens is 248 g/mol. The Hall–Kier alpha value is -0.900. The van der Waals surface area contributed by atoms with Gasteiger partial charge in [0.15, 0.2) is 0 Å². The van der Waals surface area contributed by atoms with Crippen LogP contribution in [0.5, 0.6) is 0 Å². The van der Waals surface area contributed by atoms with E-state index in [1.807, 2.05) is 13.8 Å². The van der Waals surface area contributed by atoms with Gasteiger partial charge in [-0.1, -0.05) is 19.3 Å². The largest absolute Gasteiger partial charge is 0.352 e. The molecule has 0 saturated heterocycles. The Labute approximate surface area is 114 Å². The van der Waals surface area contributed by atoms with E-state index in [0.29, 0.717) is 11.8 Å². The quantitative estimate of drug-likeness (QED) is 0.853. The molecule has 1 aromatic heterocycles. The van der Waals surface area contributed by atoms with E-state index in [1.54, 1.807) is 0 Å². The molecule has 1 fully saturated rings. The van der Waals surface area contributed by atoms with Gasteiger partial charge in [0.25, 0.3) is 0 Å². The average molecular weight is 269 g/mol. The van der Waals surface area contributed by atoms with Crippen LogP contribution in [0.15, 0.2) is 0 Å². The van der Waals surface area contributed by atoms with Crippen LogP contribution < -0.4 is 5.32 Å². The van der Waals surface area contributed by atoms with E-state index in [1.165, 1.54) is 32.1 Å². The first-order valence-corrected chi connectivity index (χ1v) is 7.16. The fourth-order valence-corrected chi connectivity index (χ4v) is 2.82. The molecule has 0 bridgehead atoms. The maximum atomic E-state index is 6.16. The number of hydrogen-bond donors (Lipinski definition) is 1. The van der Waals surface area contributed by atoms with E-state index in [4.69, 9.17) is 11.6 Å². The number of aryl methyl sites for hydroxylation is 2. The van der Waals surface area contributed by atoms with Crippen molar-refractivity contribution in [2.45, 2.75) is 46.0 Å². The molecule has 1 aromatic rings. The number of nitrogens with zero attached hydrogens (tertiary/aromatic N) is 3. The van der Waals surface area contributed by atoms with Gasteiger partial charge in [-0.25, -0.2) is 4.98 Å². The highest BCUT2D eigenvalue weighted by atomic mass is 35.5. The van der Waals surface area contributed by atoms with E-state index >= 15 is 0 Å². The third-order valence-corrected chi connectivity index (χ3v) is 4.48. The molecule has 1 aliphatic carbocycles. The van der Waals surface area contributed by atoms with Gasteiger partial charge in [0.05, 0.1) is 11.4 Å². The number of anilines is 1. The second-order valence-electron chi connectivity index (χ2n) is 5.35. The number of halogens is 1. The van der Waals surface area contributed by atoms with E-state index in [9.17, 15) is 0 Å². The summed E-state index contributed by atoms with van der Waals surface area (Å²) in [6.45, 7) is 4.72. The molecule has 1 N–H and O–H groups in total. The van der Waals surface area contributed by atoms with Gasteiger partial charge in [0, 0.05) is 17.8 Å². The molecule has 4 nitrogen and oxygen atoms in total. The number of alkyl halides is 1. The molecule has 0 atom stereocenters. The monoisotopic (exact) mass is 268 g/mol. The van der Waals surface area contributed by atoms with Crippen LogP contribution in [0.4, 0.5) is 5.95 Å². The summed E-state index contributed by atoms with van der Waals surface area (Å²) in [6, 6.07) is 0. The minimum Gasteiger partial charge on any atom is -0.352 e. The highest BCUT2D eigenvalue weighted by Crippen LogP contribution is 2.37. The first-order chi connectivity index (χ1) is 8.65. The lowest BCUT2D eigenvalue weighted by Gasteiger charge is -2.35. The van der Waals surface area contributed by atoms with Crippen LogP contribution in [0, 0.1) is 19.3 Å². The Kier molecular flexibility index (Phi) is 4.38. The third kappa shape index (κ3) is 3.10. The minimum atomic E-state index is 0.210. The highest BCUT2D eigenvalue weighted by molar-refractivity contribution is 6.18. The van der Waals surface area contributed by atoms with E-state index in [2.05, 4.69) is 20.5 Å². The van der Waals surface area contributed by atoms with Gasteiger partial charge >= 0.3 is 0 Å². The highest BCUT2D eigenvalue weighted by Gasteiger charge is 2.31. The normalized spacial score (nSPS) is 18.6. The van der Waals surface area contributed by atoms with Crippen LogP contribution >= 0.6 is 11.6 Å². The molecule has 2 rings (SSSR count). The van der Waals surface area contributed by atoms with Crippen molar-refractivity contribution in [2.24, 2.45) is 5.41 Å². The molecular formula is C13H21ClN4. The summed E-state index contributed by atoms with van der Waals surface area (Å²) in [6.07, 6.45) is 6.28. The van der Waals surface area contributed by atoms with Crippen LogP contribution in [-0.4, -0.2) is 27.6 Å². The predicted molar refractivity (Wildman–Crippen MR) is 74.0 cm³/mol. The minimum absolute atomic E-state index is 0.210. The zero-order chi connectivity index (χ0) is 13.0. The maximum absolute atomic E-state index is 6.16. The predicted octanol–water partition coefficient (Wildman–Crippen LogP) is 3.09. The van der Waals surface area contributed by atoms with Gasteiger partial charge in [-0.3, -0.25) is 0 Å². The summed E-state index contributed by atoms with van der Waals surface area (Å²) in [5.41, 5.74) is 2.02. The first-order valence-electron chi connectivity index (χ1n) is 6.63. The fraction of sp³-hybridized carbons (Fsp3) is 0.769. The molecule has 100 valence electrons. The molecule has 1 aliphatic rings. The molecule has 0 unspecified atom stereocenters. The zero-order valence-electron chi connectivity index (χ0n) is 11.2. The average Bonchev–Trinajstić information content (AvgIpc) is 2.41. The molecule has 5 heteroatoms. The van der Waals surface area contributed by atoms with Crippen LogP contribution in [-0.2, 0) is 0 Å². The summed E-state index contributed by atoms with van der Waals surface area (Å²) in [5, 5.41) is 11.5. The Bertz CT molecular complexity index is 402. The van der Waals surface area contributed by atoms with Crippen LogP contribution in [0.2, 0.25) is 0 Å². The SMILES string of the molecule is Cc1nnc(NCC2(CCl)CCCCC2)nc1C. The molecule has 1 heterocycles. The van der Waals surface area contributed by atoms with Crippen molar-refractivity contribution in [3.63, 3.8) is 0 Å². The van der Waals surface area contributed by atoms with E-state index in [0.717, 1.165) is 17.9 Å². The molecule has 0 radical (unpaired) electrons. The van der Waals surface area contributed by atoms with Crippen LogP contribution in [0.1, 0.15) is 43.5 Å². The standard InChI is InChI=1S/C13H21ClN4/c1-10-11(2)17-18-12(16-10)15-9-13(8-14)6-4-3-5-7-13/h3-9H2,1-2H3,(H,15,16,18). The Morgan fingerprint density at radius 1 is 1.11 bits per heavy atom. The summed E-state index contributed by atoms with van der Waals surface area (Å²) in [7, 11) is 0. The van der Waals surface area contributed by atoms with Crippen molar-refractivity contribution in [3.05, 3.63) is 11.4 Å². The molecule has 0 amide bonds. The molecule has 0 aliphatic heterocycles. The van der Waals surface area contributed by atoms with Gasteiger partial charge in [-0.15, -0.1) is 16.7 Å².